The molecule has 0 saturated heterocycles. The molecule has 1 aliphatic carbocycles. The lowest BCUT2D eigenvalue weighted by molar-refractivity contribution is 0.613. The fraction of sp³-hybridized carbons (Fsp3) is 0.444. The third-order valence-corrected chi connectivity index (χ3v) is 13.9. The molecule has 6 unspecified atom stereocenters. The summed E-state index contributed by atoms with van der Waals surface area (Å²) in [6.45, 7) is 2.37. The molecule has 14 heavy (non-hydrogen) atoms. The third-order valence-electron chi connectivity index (χ3n) is 2.79. The van der Waals surface area contributed by atoms with Gasteiger partial charge in [-0.15, -0.1) is 17.9 Å². The van der Waals surface area contributed by atoms with E-state index in [-0.39, 0.29) is 7.30 Å². The molecule has 0 saturated carbocycles. The van der Waals surface area contributed by atoms with Crippen LogP contribution in [-0.4, -0.2) is 4.98 Å². The number of hydrogen-bond donors (Lipinski definition) is 0. The number of rotatable bonds is 2. The Kier molecular flexibility index (Phi) is 3.90. The zero-order chi connectivity index (χ0) is 10.1. The second kappa shape index (κ2) is 4.80. The summed E-state index contributed by atoms with van der Waals surface area (Å²) in [5.74, 6) is 0.797. The Morgan fingerprint density at radius 3 is 3.14 bits per heavy atom. The van der Waals surface area contributed by atoms with Gasteiger partial charge in [0.2, 0.25) is 0 Å². The smallest absolute Gasteiger partial charge is 0.0309 e. The van der Waals surface area contributed by atoms with Crippen LogP contribution in [0, 0.1) is 5.92 Å². The Morgan fingerprint density at radius 1 is 1.64 bits per heavy atom. The first-order chi connectivity index (χ1) is 6.74. The molecule has 1 aromatic rings. The topological polar surface area (TPSA) is 12.9 Å². The summed E-state index contributed by atoms with van der Waals surface area (Å²) < 4.78 is 0. The van der Waals surface area contributed by atoms with Crippen molar-refractivity contribution in [2.75, 3.05) is 0 Å². The van der Waals surface area contributed by atoms with Crippen LogP contribution in [0.3, 0.4) is 0 Å². The number of hydrogen-bond acceptors (Lipinski definition) is 1. The Balaban J connectivity index is 2.34. The maximum absolute atomic E-state index is 4.26. The van der Waals surface area contributed by atoms with Gasteiger partial charge >= 0.3 is 0 Å². The minimum atomic E-state index is 0.0620. The van der Waals surface area contributed by atoms with Gasteiger partial charge in [0.1, 0.15) is 0 Å². The molecular weight excluding hydrogens is 246 g/mol. The van der Waals surface area contributed by atoms with Crippen LogP contribution in [0.15, 0.2) is 18.5 Å². The molecule has 6 atom stereocenters. The van der Waals surface area contributed by atoms with Crippen molar-refractivity contribution in [3.8, 4) is 0 Å². The lowest BCUT2D eigenvalue weighted by Crippen LogP contribution is -1.97. The van der Waals surface area contributed by atoms with E-state index in [1.54, 1.807) is 0 Å². The molecule has 5 heteroatoms. The zero-order valence-electron chi connectivity index (χ0n) is 8.14. The maximum Gasteiger partial charge on any atom is 0.0309 e. The lowest BCUT2D eigenvalue weighted by Gasteiger charge is -2.22. The van der Waals surface area contributed by atoms with Crippen molar-refractivity contribution in [1.29, 1.82) is 0 Å². The predicted octanol–water partition coefficient (Wildman–Crippen LogP) is 3.97. The van der Waals surface area contributed by atoms with E-state index in [2.05, 4.69) is 42.0 Å². The van der Waals surface area contributed by atoms with Gasteiger partial charge in [0.25, 0.3) is 0 Å². The van der Waals surface area contributed by atoms with Crippen LogP contribution in [0.2, 0.25) is 0 Å². The van der Waals surface area contributed by atoms with Gasteiger partial charge in [0.05, 0.1) is 0 Å². The Labute approximate surface area is 92.9 Å². The van der Waals surface area contributed by atoms with Gasteiger partial charge in [-0.05, 0) is 29.5 Å². The van der Waals surface area contributed by atoms with E-state index in [0.29, 0.717) is 0 Å². The number of fused-ring (bicyclic) bond motifs is 1. The standard InChI is InChI=1S/C9H15NP4/c1-6-4-7-2-3-10-5-8(7)9(6)14(12)13-11/h2-3,5-6,9,13H,4,11-12H2,1H3. The highest BCUT2D eigenvalue weighted by Crippen LogP contribution is 2.77. The molecule has 76 valence electrons. The Bertz CT molecular complexity index is 326. The van der Waals surface area contributed by atoms with E-state index in [0.717, 1.165) is 19.5 Å². The van der Waals surface area contributed by atoms with Gasteiger partial charge < -0.3 is 0 Å². The van der Waals surface area contributed by atoms with Crippen LogP contribution in [0.25, 0.3) is 0 Å². The van der Waals surface area contributed by atoms with Gasteiger partial charge in [-0.1, -0.05) is 22.2 Å². The van der Waals surface area contributed by atoms with E-state index in [9.17, 15) is 0 Å². The lowest BCUT2D eigenvalue weighted by atomic mass is 10.1. The largest absolute Gasteiger partial charge is 0.264 e. The Morgan fingerprint density at radius 2 is 2.43 bits per heavy atom. The molecule has 0 fully saturated rings. The molecule has 0 N–H and O–H groups in total. The van der Waals surface area contributed by atoms with Gasteiger partial charge in [-0.3, -0.25) is 4.98 Å². The highest BCUT2D eigenvalue weighted by atomic mass is 32.6. The molecule has 1 aliphatic rings. The highest BCUT2D eigenvalue weighted by molar-refractivity contribution is 8.61. The Hall–Kier alpha value is 0.870. The van der Waals surface area contributed by atoms with E-state index in [1.807, 2.05) is 6.20 Å². The number of pyridine rings is 1. The summed E-state index contributed by atoms with van der Waals surface area (Å²) in [5.41, 5.74) is 3.79. The van der Waals surface area contributed by atoms with E-state index in [1.165, 1.54) is 17.5 Å². The van der Waals surface area contributed by atoms with Gasteiger partial charge in [-0.2, -0.15) is 0 Å². The van der Waals surface area contributed by atoms with Crippen molar-refractivity contribution in [2.24, 2.45) is 5.92 Å². The van der Waals surface area contributed by atoms with Crippen molar-refractivity contribution in [3.05, 3.63) is 29.6 Å². The SMILES string of the molecule is CC1Cc2ccncc2C1P(P)PP. The molecule has 0 spiro atoms. The highest BCUT2D eigenvalue weighted by Gasteiger charge is 2.32. The number of nitrogens with zero attached hydrogens (tertiary/aromatic N) is 1. The van der Waals surface area contributed by atoms with Gasteiger partial charge in [0.15, 0.2) is 0 Å². The van der Waals surface area contributed by atoms with Crippen LogP contribution in [0.4, 0.5) is 0 Å². The first-order valence-electron chi connectivity index (χ1n) is 4.67. The van der Waals surface area contributed by atoms with Crippen molar-refractivity contribution >= 4 is 33.1 Å². The minimum absolute atomic E-state index is 0.0620. The summed E-state index contributed by atoms with van der Waals surface area (Å²) in [4.78, 5) is 4.26. The molecule has 2 rings (SSSR count). The number of aromatic nitrogens is 1. The summed E-state index contributed by atoms with van der Waals surface area (Å²) in [6, 6.07) is 2.19. The van der Waals surface area contributed by atoms with Gasteiger partial charge in [0, 0.05) is 18.1 Å². The zero-order valence-corrected chi connectivity index (χ0v) is 12.3. The fourth-order valence-corrected chi connectivity index (χ4v) is 7.97. The summed E-state index contributed by atoms with van der Waals surface area (Å²) in [5, 5.41) is 0. The average molecular weight is 261 g/mol. The molecule has 0 amide bonds. The van der Waals surface area contributed by atoms with Crippen LogP contribution in [0.1, 0.15) is 23.7 Å². The second-order valence-corrected chi connectivity index (χ2v) is 13.2. The van der Waals surface area contributed by atoms with Crippen LogP contribution >= 0.6 is 33.1 Å². The van der Waals surface area contributed by atoms with E-state index in [4.69, 9.17) is 0 Å². The minimum Gasteiger partial charge on any atom is -0.264 e. The van der Waals surface area contributed by atoms with Crippen molar-refractivity contribution in [3.63, 3.8) is 0 Å². The molecule has 1 nitrogen and oxygen atoms in total. The summed E-state index contributed by atoms with van der Waals surface area (Å²) in [7, 11) is 6.99. The van der Waals surface area contributed by atoms with Crippen LogP contribution in [-0.2, 0) is 6.42 Å². The molecule has 0 radical (unpaired) electrons. The monoisotopic (exact) mass is 261 g/mol. The molecule has 1 aromatic heterocycles. The van der Waals surface area contributed by atoms with Crippen LogP contribution in [0.5, 0.6) is 0 Å². The molecule has 1 heterocycles. The predicted molar refractivity (Wildman–Crippen MR) is 74.5 cm³/mol. The van der Waals surface area contributed by atoms with Gasteiger partial charge in [-0.25, -0.2) is 0 Å². The molecule has 0 aliphatic heterocycles. The fourth-order valence-electron chi connectivity index (χ4n) is 2.16. The normalized spacial score (nSPS) is 28.2. The summed E-state index contributed by atoms with van der Waals surface area (Å²) in [6.07, 6.45) is 5.24. The van der Waals surface area contributed by atoms with Crippen LogP contribution < -0.4 is 0 Å². The maximum atomic E-state index is 4.26. The average Bonchev–Trinajstić information content (AvgIpc) is 2.53. The molecule has 0 aromatic carbocycles. The molecule has 0 bridgehead atoms. The van der Waals surface area contributed by atoms with Crippen molar-refractivity contribution in [2.45, 2.75) is 19.0 Å². The first kappa shape index (κ1) is 11.4. The summed E-state index contributed by atoms with van der Waals surface area (Å²) >= 11 is 0. The second-order valence-electron chi connectivity index (χ2n) is 3.74. The van der Waals surface area contributed by atoms with Crippen molar-refractivity contribution < 1.29 is 0 Å². The van der Waals surface area contributed by atoms with E-state index >= 15 is 0 Å². The quantitative estimate of drug-likeness (QED) is 0.734. The molecular formula is C9H15NP4. The van der Waals surface area contributed by atoms with E-state index < -0.39 is 0 Å². The first-order valence-corrected chi connectivity index (χ1v) is 11.3. The van der Waals surface area contributed by atoms with Crippen molar-refractivity contribution in [1.82, 2.24) is 4.98 Å². The third kappa shape index (κ3) is 2.03.